The maximum absolute atomic E-state index is 12.9. The molecule has 0 aliphatic heterocycles. The van der Waals surface area contributed by atoms with E-state index in [-0.39, 0.29) is 5.41 Å². The van der Waals surface area contributed by atoms with Crippen molar-refractivity contribution >= 4 is 10.0 Å². The molecule has 24 heavy (non-hydrogen) atoms. The highest BCUT2D eigenvalue weighted by molar-refractivity contribution is 7.89. The Morgan fingerprint density at radius 2 is 2.04 bits per heavy atom. The molecule has 2 aromatic rings. The van der Waals surface area contributed by atoms with Crippen LogP contribution in [0.25, 0.3) is 0 Å². The Bertz CT molecular complexity index is 809. The third-order valence-electron chi connectivity index (χ3n) is 5.59. The van der Waals surface area contributed by atoms with Crippen LogP contribution in [0.4, 0.5) is 0 Å². The highest BCUT2D eigenvalue weighted by atomic mass is 32.2. The van der Waals surface area contributed by atoms with Gasteiger partial charge in [0.25, 0.3) is 0 Å². The number of nitrogens with zero attached hydrogens (tertiary/aromatic N) is 3. The van der Waals surface area contributed by atoms with Gasteiger partial charge in [-0.2, -0.15) is 5.10 Å². The summed E-state index contributed by atoms with van der Waals surface area (Å²) in [6.07, 6.45) is 9.03. The number of fused-ring (bicyclic) bond motifs is 2. The zero-order chi connectivity index (χ0) is 16.6. The molecule has 0 spiro atoms. The van der Waals surface area contributed by atoms with Crippen molar-refractivity contribution in [3.8, 4) is 0 Å². The zero-order valence-corrected chi connectivity index (χ0v) is 14.4. The molecule has 6 nitrogen and oxygen atoms in total. The number of benzene rings is 1. The monoisotopic (exact) mass is 346 g/mol. The molecule has 1 heterocycles. The second-order valence-corrected chi connectivity index (χ2v) is 8.91. The van der Waals surface area contributed by atoms with Gasteiger partial charge in [-0.05, 0) is 55.1 Å². The minimum absolute atomic E-state index is 0.193. The van der Waals surface area contributed by atoms with Crippen molar-refractivity contribution in [1.82, 2.24) is 19.5 Å². The minimum atomic E-state index is -3.52. The first kappa shape index (κ1) is 15.8. The first-order valence-corrected chi connectivity index (χ1v) is 9.95. The first-order valence-electron chi connectivity index (χ1n) is 8.46. The summed E-state index contributed by atoms with van der Waals surface area (Å²) >= 11 is 0. The Labute approximate surface area is 142 Å². The van der Waals surface area contributed by atoms with E-state index in [9.17, 15) is 8.42 Å². The molecule has 2 bridgehead atoms. The average molecular weight is 346 g/mol. The summed E-state index contributed by atoms with van der Waals surface area (Å²) in [6, 6.07) is 7.11. The van der Waals surface area contributed by atoms with Gasteiger partial charge in [-0.3, -0.25) is 0 Å². The van der Waals surface area contributed by atoms with E-state index < -0.39 is 10.0 Å². The second kappa shape index (κ2) is 5.97. The van der Waals surface area contributed by atoms with Crippen LogP contribution in [-0.2, 0) is 16.6 Å². The summed E-state index contributed by atoms with van der Waals surface area (Å²) in [7, 11) is -3.52. The van der Waals surface area contributed by atoms with E-state index in [0.29, 0.717) is 18.0 Å². The summed E-state index contributed by atoms with van der Waals surface area (Å²) < 4.78 is 30.2. The number of sulfonamides is 1. The van der Waals surface area contributed by atoms with Gasteiger partial charge >= 0.3 is 0 Å². The maximum Gasteiger partial charge on any atom is 0.240 e. The molecule has 2 aliphatic rings. The van der Waals surface area contributed by atoms with Crippen molar-refractivity contribution in [3.05, 3.63) is 42.5 Å². The highest BCUT2D eigenvalue weighted by Gasteiger charge is 2.45. The maximum atomic E-state index is 12.9. The lowest BCUT2D eigenvalue weighted by Gasteiger charge is -2.26. The average Bonchev–Trinajstić information content (AvgIpc) is 3.31. The van der Waals surface area contributed by atoms with E-state index in [0.717, 1.165) is 24.3 Å². The van der Waals surface area contributed by atoms with Gasteiger partial charge < -0.3 is 0 Å². The van der Waals surface area contributed by atoms with Crippen LogP contribution in [0, 0.1) is 11.3 Å². The fourth-order valence-electron chi connectivity index (χ4n) is 4.27. The van der Waals surface area contributed by atoms with Crippen LogP contribution >= 0.6 is 0 Å². The van der Waals surface area contributed by atoms with Gasteiger partial charge in [0.05, 0.1) is 11.4 Å². The normalized spacial score (nSPS) is 26.1. The molecule has 1 N–H and O–H groups in total. The van der Waals surface area contributed by atoms with Crippen LogP contribution in [0.3, 0.4) is 0 Å². The highest BCUT2D eigenvalue weighted by Crippen LogP contribution is 2.53. The molecule has 4 rings (SSSR count). The lowest BCUT2D eigenvalue weighted by Crippen LogP contribution is -2.35. The van der Waals surface area contributed by atoms with Crippen LogP contribution in [-0.4, -0.2) is 29.7 Å². The van der Waals surface area contributed by atoms with E-state index in [1.165, 1.54) is 25.6 Å². The van der Waals surface area contributed by atoms with Crippen molar-refractivity contribution in [3.63, 3.8) is 0 Å². The largest absolute Gasteiger partial charge is 0.249 e. The molecule has 1 aromatic carbocycles. The van der Waals surface area contributed by atoms with E-state index in [4.69, 9.17) is 0 Å². The van der Waals surface area contributed by atoms with Crippen molar-refractivity contribution in [2.24, 2.45) is 11.3 Å². The Hall–Kier alpha value is -1.73. The molecule has 128 valence electrons. The predicted octanol–water partition coefficient (Wildman–Crippen LogP) is 2.18. The summed E-state index contributed by atoms with van der Waals surface area (Å²) in [4.78, 5) is 4.25. The van der Waals surface area contributed by atoms with Crippen LogP contribution in [0.15, 0.2) is 41.8 Å². The zero-order valence-electron chi connectivity index (χ0n) is 13.6. The molecule has 2 fully saturated rings. The topological polar surface area (TPSA) is 76.9 Å². The number of hydrogen-bond acceptors (Lipinski definition) is 4. The Morgan fingerprint density at radius 1 is 1.25 bits per heavy atom. The van der Waals surface area contributed by atoms with E-state index >= 15 is 0 Å². The Balaban J connectivity index is 1.53. The van der Waals surface area contributed by atoms with Gasteiger partial charge in [0.2, 0.25) is 10.0 Å². The third-order valence-corrected chi connectivity index (χ3v) is 7.09. The van der Waals surface area contributed by atoms with Crippen LogP contribution in [0.5, 0.6) is 0 Å². The lowest BCUT2D eigenvalue weighted by atomic mass is 9.85. The summed E-state index contributed by atoms with van der Waals surface area (Å²) in [6.45, 7) is 0.952. The quantitative estimate of drug-likeness (QED) is 0.870. The van der Waals surface area contributed by atoms with Crippen LogP contribution in [0.2, 0.25) is 0 Å². The molecule has 0 saturated heterocycles. The molecule has 0 unspecified atom stereocenters. The standard InChI is InChI=1S/C17H22N4O2S/c22-24(23,20-11-17-7-5-14(9-17)6-8-17)16-4-2-1-3-15(16)10-21-13-18-12-19-21/h1-4,12-14,20H,5-11H2. The lowest BCUT2D eigenvalue weighted by molar-refractivity contribution is 0.296. The van der Waals surface area contributed by atoms with Crippen molar-refractivity contribution in [1.29, 1.82) is 0 Å². The van der Waals surface area contributed by atoms with E-state index in [1.807, 2.05) is 12.1 Å². The summed E-state index contributed by atoms with van der Waals surface area (Å²) in [5.41, 5.74) is 0.919. The Kier molecular flexibility index (Phi) is 3.92. The third kappa shape index (κ3) is 2.98. The molecule has 0 atom stereocenters. The fourth-order valence-corrected chi connectivity index (χ4v) is 5.66. The molecule has 2 saturated carbocycles. The molecule has 7 heteroatoms. The molecular formula is C17H22N4O2S. The number of nitrogens with one attached hydrogen (secondary N) is 1. The summed E-state index contributed by atoms with van der Waals surface area (Å²) in [5, 5.41) is 4.06. The predicted molar refractivity (Wildman–Crippen MR) is 89.8 cm³/mol. The van der Waals surface area contributed by atoms with Gasteiger partial charge in [-0.15, -0.1) is 0 Å². The smallest absolute Gasteiger partial charge is 0.240 e. The van der Waals surface area contributed by atoms with Gasteiger partial charge in [0, 0.05) is 6.54 Å². The summed E-state index contributed by atoms with van der Waals surface area (Å²) in [5.74, 6) is 0.814. The first-order chi connectivity index (χ1) is 11.6. The molecule has 2 aliphatic carbocycles. The van der Waals surface area contributed by atoms with E-state index in [1.54, 1.807) is 23.1 Å². The van der Waals surface area contributed by atoms with Crippen LogP contribution < -0.4 is 4.72 Å². The molecule has 0 amide bonds. The second-order valence-electron chi connectivity index (χ2n) is 7.17. The minimum Gasteiger partial charge on any atom is -0.249 e. The van der Waals surface area contributed by atoms with Gasteiger partial charge in [0.15, 0.2) is 0 Å². The molecule has 0 radical (unpaired) electrons. The number of rotatable bonds is 6. The Morgan fingerprint density at radius 3 is 2.71 bits per heavy atom. The van der Waals surface area contributed by atoms with E-state index in [2.05, 4.69) is 14.8 Å². The fraction of sp³-hybridized carbons (Fsp3) is 0.529. The number of aromatic nitrogens is 3. The van der Waals surface area contributed by atoms with Gasteiger partial charge in [-0.25, -0.2) is 22.8 Å². The van der Waals surface area contributed by atoms with Crippen LogP contribution in [0.1, 0.15) is 37.7 Å². The van der Waals surface area contributed by atoms with Crippen molar-refractivity contribution in [2.75, 3.05) is 6.54 Å². The number of hydrogen-bond donors (Lipinski definition) is 1. The van der Waals surface area contributed by atoms with Gasteiger partial charge in [0.1, 0.15) is 12.7 Å². The molecular weight excluding hydrogens is 324 g/mol. The molecule has 1 aromatic heterocycles. The van der Waals surface area contributed by atoms with Crippen molar-refractivity contribution in [2.45, 2.75) is 43.5 Å². The van der Waals surface area contributed by atoms with Crippen molar-refractivity contribution < 1.29 is 8.42 Å². The van der Waals surface area contributed by atoms with Gasteiger partial charge in [-0.1, -0.05) is 18.2 Å². The SMILES string of the molecule is O=S(=O)(NCC12CCC(CC1)C2)c1ccccc1Cn1cncn1.